The largest absolute Gasteiger partial charge is 0.444 e. The van der Waals surface area contributed by atoms with Gasteiger partial charge in [0.05, 0.1) is 0 Å². The predicted molar refractivity (Wildman–Crippen MR) is 86.6 cm³/mol. The van der Waals surface area contributed by atoms with Crippen LogP contribution >= 0.6 is 0 Å². The summed E-state index contributed by atoms with van der Waals surface area (Å²) in [7, 11) is 0. The van der Waals surface area contributed by atoms with Crippen molar-refractivity contribution < 1.29 is 14.3 Å². The zero-order chi connectivity index (χ0) is 16.3. The number of carbonyl (C=O) groups excluding carboxylic acids is 2. The van der Waals surface area contributed by atoms with E-state index < -0.39 is 5.60 Å². The fourth-order valence-electron chi connectivity index (χ4n) is 2.48. The number of rotatable bonds is 2. The molecular formula is C17H24N2O3. The number of aldehydes is 1. The number of amides is 1. The standard InChI is InChI=1S/C17H24N2O3/c1-13-5-6-14(12-20)15(11-13)18-7-9-19(10-8-18)16(21)22-17(2,3)4/h5-6,11-12H,7-10H2,1-4H3. The molecule has 0 atom stereocenters. The van der Waals surface area contributed by atoms with Crippen LogP contribution in [0.2, 0.25) is 0 Å². The molecule has 2 rings (SSSR count). The molecule has 1 aliphatic rings. The summed E-state index contributed by atoms with van der Waals surface area (Å²) in [5, 5.41) is 0. The lowest BCUT2D eigenvalue weighted by molar-refractivity contribution is 0.0240. The summed E-state index contributed by atoms with van der Waals surface area (Å²) in [6, 6.07) is 5.80. The lowest BCUT2D eigenvalue weighted by atomic mass is 10.1. The predicted octanol–water partition coefficient (Wildman–Crippen LogP) is 2.86. The van der Waals surface area contributed by atoms with Gasteiger partial charge in [0.25, 0.3) is 0 Å². The number of piperazine rings is 1. The van der Waals surface area contributed by atoms with Gasteiger partial charge in [0.2, 0.25) is 0 Å². The molecule has 0 bridgehead atoms. The van der Waals surface area contributed by atoms with Crippen LogP contribution in [0.15, 0.2) is 18.2 Å². The number of hydrogen-bond donors (Lipinski definition) is 0. The number of carbonyl (C=O) groups is 2. The topological polar surface area (TPSA) is 49.9 Å². The Hall–Kier alpha value is -2.04. The lowest BCUT2D eigenvalue weighted by Gasteiger charge is -2.37. The third-order valence-electron chi connectivity index (χ3n) is 3.58. The highest BCUT2D eigenvalue weighted by molar-refractivity contribution is 5.85. The minimum absolute atomic E-state index is 0.271. The fourth-order valence-corrected chi connectivity index (χ4v) is 2.48. The summed E-state index contributed by atoms with van der Waals surface area (Å²) in [4.78, 5) is 27.1. The van der Waals surface area contributed by atoms with Crippen molar-refractivity contribution in [2.24, 2.45) is 0 Å². The van der Waals surface area contributed by atoms with Crippen LogP contribution < -0.4 is 4.90 Å². The lowest BCUT2D eigenvalue weighted by Crippen LogP contribution is -2.50. The normalized spacial score (nSPS) is 15.6. The highest BCUT2D eigenvalue weighted by atomic mass is 16.6. The van der Waals surface area contributed by atoms with Crippen molar-refractivity contribution in [3.05, 3.63) is 29.3 Å². The molecular weight excluding hydrogens is 280 g/mol. The van der Waals surface area contributed by atoms with Gasteiger partial charge in [-0.25, -0.2) is 4.79 Å². The van der Waals surface area contributed by atoms with E-state index in [4.69, 9.17) is 4.74 Å². The SMILES string of the molecule is Cc1ccc(C=O)c(N2CCN(C(=O)OC(C)(C)C)CC2)c1. The van der Waals surface area contributed by atoms with E-state index in [1.54, 1.807) is 4.90 Å². The Morgan fingerprint density at radius 3 is 2.36 bits per heavy atom. The van der Waals surface area contributed by atoms with Gasteiger partial charge in [0.15, 0.2) is 6.29 Å². The summed E-state index contributed by atoms with van der Waals surface area (Å²) in [5.74, 6) is 0. The molecule has 5 nitrogen and oxygen atoms in total. The monoisotopic (exact) mass is 304 g/mol. The van der Waals surface area contributed by atoms with Gasteiger partial charge in [0.1, 0.15) is 5.60 Å². The minimum atomic E-state index is -0.477. The Kier molecular flexibility index (Phi) is 4.74. The van der Waals surface area contributed by atoms with Crippen molar-refractivity contribution in [3.63, 3.8) is 0 Å². The molecule has 22 heavy (non-hydrogen) atoms. The molecule has 1 aliphatic heterocycles. The van der Waals surface area contributed by atoms with Gasteiger partial charge in [-0.2, -0.15) is 0 Å². The highest BCUT2D eigenvalue weighted by Gasteiger charge is 2.26. The van der Waals surface area contributed by atoms with Crippen LogP contribution in [0.5, 0.6) is 0 Å². The third kappa shape index (κ3) is 4.00. The number of aryl methyl sites for hydroxylation is 1. The van der Waals surface area contributed by atoms with Crippen molar-refractivity contribution in [1.82, 2.24) is 4.90 Å². The Morgan fingerprint density at radius 1 is 1.18 bits per heavy atom. The van der Waals surface area contributed by atoms with Gasteiger partial charge in [-0.1, -0.05) is 6.07 Å². The van der Waals surface area contributed by atoms with Gasteiger partial charge in [-0.3, -0.25) is 4.79 Å². The van der Waals surface area contributed by atoms with Gasteiger partial charge in [-0.05, 0) is 45.4 Å². The summed E-state index contributed by atoms with van der Waals surface area (Å²) in [5.41, 5.74) is 2.28. The summed E-state index contributed by atoms with van der Waals surface area (Å²) in [6.45, 7) is 10.2. The van der Waals surface area contributed by atoms with Crippen LogP contribution in [0, 0.1) is 6.92 Å². The Bertz CT molecular complexity index is 556. The van der Waals surface area contributed by atoms with Gasteiger partial charge in [-0.15, -0.1) is 0 Å². The summed E-state index contributed by atoms with van der Waals surface area (Å²) in [6.07, 6.45) is 0.613. The van der Waals surface area contributed by atoms with Crippen LogP contribution in [0.4, 0.5) is 10.5 Å². The average molecular weight is 304 g/mol. The summed E-state index contributed by atoms with van der Waals surface area (Å²) < 4.78 is 5.39. The molecule has 0 spiro atoms. The molecule has 0 aliphatic carbocycles. The zero-order valence-electron chi connectivity index (χ0n) is 13.8. The van der Waals surface area contributed by atoms with E-state index in [-0.39, 0.29) is 6.09 Å². The molecule has 1 aromatic carbocycles. The van der Waals surface area contributed by atoms with Crippen LogP contribution in [-0.2, 0) is 4.74 Å². The first kappa shape index (κ1) is 16.3. The van der Waals surface area contributed by atoms with Crippen molar-refractivity contribution >= 4 is 18.1 Å². The van der Waals surface area contributed by atoms with Crippen molar-refractivity contribution in [2.45, 2.75) is 33.3 Å². The molecule has 0 saturated carbocycles. The molecule has 1 fully saturated rings. The molecule has 5 heteroatoms. The third-order valence-corrected chi connectivity index (χ3v) is 3.58. The van der Waals surface area contributed by atoms with Crippen LogP contribution in [0.3, 0.4) is 0 Å². The molecule has 0 N–H and O–H groups in total. The smallest absolute Gasteiger partial charge is 0.410 e. The Labute approximate surface area is 131 Å². The molecule has 0 radical (unpaired) electrons. The maximum absolute atomic E-state index is 12.1. The van der Waals surface area contributed by atoms with E-state index in [1.165, 1.54) is 0 Å². The number of benzene rings is 1. The van der Waals surface area contributed by atoms with E-state index in [9.17, 15) is 9.59 Å². The average Bonchev–Trinajstić information content (AvgIpc) is 2.45. The molecule has 0 unspecified atom stereocenters. The van der Waals surface area contributed by atoms with E-state index in [2.05, 4.69) is 4.90 Å². The first-order valence-corrected chi connectivity index (χ1v) is 7.59. The number of hydrogen-bond acceptors (Lipinski definition) is 4. The Balaban J connectivity index is 2.02. The molecule has 0 aromatic heterocycles. The van der Waals surface area contributed by atoms with E-state index in [0.29, 0.717) is 31.7 Å². The molecule has 1 heterocycles. The Morgan fingerprint density at radius 2 is 1.82 bits per heavy atom. The fraction of sp³-hybridized carbons (Fsp3) is 0.529. The van der Waals surface area contributed by atoms with E-state index in [1.807, 2.05) is 45.9 Å². The van der Waals surface area contributed by atoms with Crippen LogP contribution in [-0.4, -0.2) is 49.1 Å². The van der Waals surface area contributed by atoms with Crippen LogP contribution in [0.25, 0.3) is 0 Å². The quantitative estimate of drug-likeness (QED) is 0.788. The first-order chi connectivity index (χ1) is 10.3. The minimum Gasteiger partial charge on any atom is -0.444 e. The molecule has 1 amide bonds. The maximum Gasteiger partial charge on any atom is 0.410 e. The molecule has 1 saturated heterocycles. The molecule has 1 aromatic rings. The number of ether oxygens (including phenoxy) is 1. The van der Waals surface area contributed by atoms with Crippen molar-refractivity contribution in [2.75, 3.05) is 31.1 Å². The second-order valence-electron chi connectivity index (χ2n) is 6.63. The maximum atomic E-state index is 12.1. The van der Waals surface area contributed by atoms with Gasteiger partial charge >= 0.3 is 6.09 Å². The zero-order valence-corrected chi connectivity index (χ0v) is 13.8. The van der Waals surface area contributed by atoms with Crippen molar-refractivity contribution in [1.29, 1.82) is 0 Å². The first-order valence-electron chi connectivity index (χ1n) is 7.59. The second kappa shape index (κ2) is 6.38. The van der Waals surface area contributed by atoms with Gasteiger partial charge in [0, 0.05) is 37.4 Å². The summed E-state index contributed by atoms with van der Waals surface area (Å²) >= 11 is 0. The van der Waals surface area contributed by atoms with E-state index >= 15 is 0 Å². The molecule has 120 valence electrons. The van der Waals surface area contributed by atoms with Gasteiger partial charge < -0.3 is 14.5 Å². The van der Waals surface area contributed by atoms with E-state index in [0.717, 1.165) is 17.5 Å². The van der Waals surface area contributed by atoms with Crippen molar-refractivity contribution in [3.8, 4) is 0 Å². The highest BCUT2D eigenvalue weighted by Crippen LogP contribution is 2.23. The van der Waals surface area contributed by atoms with Crippen LogP contribution in [0.1, 0.15) is 36.7 Å². The number of nitrogens with zero attached hydrogens (tertiary/aromatic N) is 2. The second-order valence-corrected chi connectivity index (χ2v) is 6.63. The number of anilines is 1.